The van der Waals surface area contributed by atoms with Crippen molar-refractivity contribution in [1.82, 2.24) is 0 Å². The van der Waals surface area contributed by atoms with Gasteiger partial charge in [-0.3, -0.25) is 0 Å². The fraction of sp³-hybridized carbons (Fsp3) is 0.905. The molecule has 0 saturated heterocycles. The van der Waals surface area contributed by atoms with Gasteiger partial charge in [-0.15, -0.1) is 0 Å². The molecule has 0 spiro atoms. The Morgan fingerprint density at radius 3 is 2.36 bits per heavy atom. The molecule has 0 heterocycles. The number of aliphatic hydroxyl groups is 1. The van der Waals surface area contributed by atoms with Crippen molar-refractivity contribution in [3.8, 4) is 0 Å². The SMILES string of the molecule is CCCCCCC=C[C@H]1CCC[C@@H]1CCCCCCCCO. The topological polar surface area (TPSA) is 20.2 Å². The maximum atomic E-state index is 8.77. The second-order valence-electron chi connectivity index (χ2n) is 7.27. The fourth-order valence-corrected chi connectivity index (χ4v) is 3.86. The average molecular weight is 309 g/mol. The summed E-state index contributed by atoms with van der Waals surface area (Å²) in [6.07, 6.45) is 25.4. The van der Waals surface area contributed by atoms with E-state index < -0.39 is 0 Å². The van der Waals surface area contributed by atoms with E-state index in [2.05, 4.69) is 19.1 Å². The number of aliphatic hydroxyl groups excluding tert-OH is 1. The third-order valence-corrected chi connectivity index (χ3v) is 5.31. The lowest BCUT2D eigenvalue weighted by atomic mass is 9.90. The third-order valence-electron chi connectivity index (χ3n) is 5.31. The summed E-state index contributed by atoms with van der Waals surface area (Å²) in [5.74, 6) is 1.87. The maximum Gasteiger partial charge on any atom is 0.0431 e. The Bertz CT molecular complexity index is 259. The van der Waals surface area contributed by atoms with Gasteiger partial charge in [0.15, 0.2) is 0 Å². The van der Waals surface area contributed by atoms with Gasteiger partial charge in [-0.05, 0) is 50.4 Å². The molecule has 1 rings (SSSR count). The van der Waals surface area contributed by atoms with E-state index in [4.69, 9.17) is 5.11 Å². The molecule has 2 atom stereocenters. The Morgan fingerprint density at radius 1 is 0.864 bits per heavy atom. The second kappa shape index (κ2) is 14.3. The van der Waals surface area contributed by atoms with Gasteiger partial charge in [-0.25, -0.2) is 0 Å². The van der Waals surface area contributed by atoms with Crippen molar-refractivity contribution in [2.24, 2.45) is 11.8 Å². The normalized spacial score (nSPS) is 21.9. The van der Waals surface area contributed by atoms with Crippen LogP contribution in [0.4, 0.5) is 0 Å². The van der Waals surface area contributed by atoms with Crippen LogP contribution in [0, 0.1) is 11.8 Å². The van der Waals surface area contributed by atoms with E-state index in [1.807, 2.05) is 0 Å². The summed E-state index contributed by atoms with van der Waals surface area (Å²) in [4.78, 5) is 0. The van der Waals surface area contributed by atoms with Crippen LogP contribution in [0.2, 0.25) is 0 Å². The summed E-state index contributed by atoms with van der Waals surface area (Å²) in [7, 11) is 0. The lowest BCUT2D eigenvalue weighted by molar-refractivity contribution is 0.282. The molecule has 22 heavy (non-hydrogen) atoms. The summed E-state index contributed by atoms with van der Waals surface area (Å²) in [6.45, 7) is 2.65. The van der Waals surface area contributed by atoms with Gasteiger partial charge in [0.1, 0.15) is 0 Å². The first kappa shape index (κ1) is 19.7. The average Bonchev–Trinajstić information content (AvgIpc) is 2.97. The monoisotopic (exact) mass is 308 g/mol. The summed E-state index contributed by atoms with van der Waals surface area (Å²) in [6, 6.07) is 0. The standard InChI is InChI=1S/C21H40O/c1-2-3-4-5-8-11-15-20-17-14-18-21(20)16-12-9-6-7-10-13-19-22/h11,15,20-22H,2-10,12-14,16-19H2,1H3/t20-,21-/m0/s1. The first-order chi connectivity index (χ1) is 10.9. The molecule has 1 nitrogen and oxygen atoms in total. The lowest BCUT2D eigenvalue weighted by Gasteiger charge is -2.16. The Balaban J connectivity index is 2.03. The predicted molar refractivity (Wildman–Crippen MR) is 98.1 cm³/mol. The van der Waals surface area contributed by atoms with Gasteiger partial charge in [0, 0.05) is 6.61 Å². The lowest BCUT2D eigenvalue weighted by Crippen LogP contribution is -2.05. The summed E-state index contributed by atoms with van der Waals surface area (Å²) < 4.78 is 0. The van der Waals surface area contributed by atoms with Gasteiger partial charge in [-0.2, -0.15) is 0 Å². The highest BCUT2D eigenvalue weighted by molar-refractivity contribution is 4.94. The first-order valence-corrected chi connectivity index (χ1v) is 10.2. The summed E-state index contributed by atoms with van der Waals surface area (Å²) in [5, 5.41) is 8.77. The van der Waals surface area contributed by atoms with Crippen LogP contribution in [0.5, 0.6) is 0 Å². The number of hydrogen-bond donors (Lipinski definition) is 1. The molecule has 1 heteroatoms. The van der Waals surface area contributed by atoms with Crippen LogP contribution >= 0.6 is 0 Å². The maximum absolute atomic E-state index is 8.77. The molecule has 0 bridgehead atoms. The minimum Gasteiger partial charge on any atom is -0.396 e. The van der Waals surface area contributed by atoms with Gasteiger partial charge in [0.2, 0.25) is 0 Å². The van der Waals surface area contributed by atoms with Crippen LogP contribution in [0.15, 0.2) is 12.2 Å². The van der Waals surface area contributed by atoms with E-state index in [0.29, 0.717) is 6.61 Å². The largest absolute Gasteiger partial charge is 0.396 e. The van der Waals surface area contributed by atoms with Crippen LogP contribution in [0.1, 0.15) is 103 Å². The minimum absolute atomic E-state index is 0.370. The minimum atomic E-state index is 0.370. The molecule has 0 aromatic rings. The first-order valence-electron chi connectivity index (χ1n) is 10.2. The van der Waals surface area contributed by atoms with Crippen molar-refractivity contribution in [2.45, 2.75) is 103 Å². The van der Waals surface area contributed by atoms with E-state index in [0.717, 1.165) is 18.3 Å². The Hall–Kier alpha value is -0.300. The van der Waals surface area contributed by atoms with Crippen molar-refractivity contribution in [1.29, 1.82) is 0 Å². The Kier molecular flexibility index (Phi) is 12.8. The summed E-state index contributed by atoms with van der Waals surface area (Å²) in [5.41, 5.74) is 0. The molecule has 0 unspecified atom stereocenters. The van der Waals surface area contributed by atoms with E-state index in [1.54, 1.807) is 0 Å². The molecule has 0 aromatic heterocycles. The molecule has 1 saturated carbocycles. The van der Waals surface area contributed by atoms with Crippen molar-refractivity contribution in [3.63, 3.8) is 0 Å². The van der Waals surface area contributed by atoms with E-state index >= 15 is 0 Å². The molecule has 0 amide bonds. The van der Waals surface area contributed by atoms with Gasteiger partial charge >= 0.3 is 0 Å². The van der Waals surface area contributed by atoms with E-state index in [1.165, 1.54) is 89.9 Å². The van der Waals surface area contributed by atoms with Crippen molar-refractivity contribution < 1.29 is 5.11 Å². The van der Waals surface area contributed by atoms with Crippen molar-refractivity contribution >= 4 is 0 Å². The molecular weight excluding hydrogens is 268 g/mol. The number of unbranched alkanes of at least 4 members (excludes halogenated alkanes) is 9. The molecule has 0 radical (unpaired) electrons. The molecule has 1 N–H and O–H groups in total. The van der Waals surface area contributed by atoms with Crippen LogP contribution in [-0.4, -0.2) is 11.7 Å². The van der Waals surface area contributed by atoms with Crippen LogP contribution in [0.3, 0.4) is 0 Å². The highest BCUT2D eigenvalue weighted by Crippen LogP contribution is 2.36. The predicted octanol–water partition coefficient (Wildman–Crippen LogP) is 6.65. The highest BCUT2D eigenvalue weighted by Gasteiger charge is 2.24. The Labute approximate surface area is 139 Å². The van der Waals surface area contributed by atoms with Gasteiger partial charge in [-0.1, -0.05) is 76.9 Å². The third kappa shape index (κ3) is 9.66. The molecule has 0 aliphatic heterocycles. The molecule has 1 aliphatic carbocycles. The van der Waals surface area contributed by atoms with E-state index in [9.17, 15) is 0 Å². The van der Waals surface area contributed by atoms with Gasteiger partial charge < -0.3 is 5.11 Å². The highest BCUT2D eigenvalue weighted by atomic mass is 16.2. The molecule has 0 aromatic carbocycles. The number of hydrogen-bond acceptors (Lipinski definition) is 1. The molecular formula is C21H40O. The quantitative estimate of drug-likeness (QED) is 0.281. The molecule has 1 fully saturated rings. The smallest absolute Gasteiger partial charge is 0.0431 e. The van der Waals surface area contributed by atoms with E-state index in [-0.39, 0.29) is 0 Å². The van der Waals surface area contributed by atoms with Crippen molar-refractivity contribution in [2.75, 3.05) is 6.61 Å². The van der Waals surface area contributed by atoms with Gasteiger partial charge in [0.25, 0.3) is 0 Å². The number of rotatable bonds is 14. The molecule has 1 aliphatic rings. The fourth-order valence-electron chi connectivity index (χ4n) is 3.86. The molecule has 130 valence electrons. The zero-order chi connectivity index (χ0) is 15.9. The van der Waals surface area contributed by atoms with Crippen LogP contribution < -0.4 is 0 Å². The zero-order valence-corrected chi connectivity index (χ0v) is 15.1. The van der Waals surface area contributed by atoms with Crippen molar-refractivity contribution in [3.05, 3.63) is 12.2 Å². The zero-order valence-electron chi connectivity index (χ0n) is 15.1. The van der Waals surface area contributed by atoms with Crippen LogP contribution in [-0.2, 0) is 0 Å². The number of allylic oxidation sites excluding steroid dienone is 2. The van der Waals surface area contributed by atoms with Gasteiger partial charge in [0.05, 0.1) is 0 Å². The second-order valence-corrected chi connectivity index (χ2v) is 7.27. The summed E-state index contributed by atoms with van der Waals surface area (Å²) >= 11 is 0. The Morgan fingerprint density at radius 2 is 1.59 bits per heavy atom. The van der Waals surface area contributed by atoms with Crippen LogP contribution in [0.25, 0.3) is 0 Å².